The molecule has 15 atom stereocenters. The van der Waals surface area contributed by atoms with Crippen LogP contribution in [-0.2, 0) is 18.9 Å². The van der Waals surface area contributed by atoms with Gasteiger partial charge in [-0.25, -0.2) is 4.42 Å². The molecule has 13 N–H and O–H groups in total. The van der Waals surface area contributed by atoms with E-state index in [9.17, 15) is 66.4 Å². The van der Waals surface area contributed by atoms with Crippen LogP contribution in [0.3, 0.4) is 0 Å². The Hall–Kier alpha value is -3.71. The van der Waals surface area contributed by atoms with E-state index in [0.29, 0.717) is 0 Å². The number of aliphatic hydroxyl groups is 10. The summed E-state index contributed by atoms with van der Waals surface area (Å²) in [6.45, 7) is 0.128. The van der Waals surface area contributed by atoms with Crippen molar-refractivity contribution in [3.63, 3.8) is 0 Å². The summed E-state index contributed by atoms with van der Waals surface area (Å²) >= 11 is 0. The molecule has 3 fully saturated rings. The quantitative estimate of drug-likeness (QED) is 0.0751. The molecule has 3 aromatic rings. The van der Waals surface area contributed by atoms with E-state index >= 15 is 0 Å². The first-order valence-electron chi connectivity index (χ1n) is 16.4. The van der Waals surface area contributed by atoms with Gasteiger partial charge in [-0.1, -0.05) is 0 Å². The van der Waals surface area contributed by atoms with Gasteiger partial charge in [0, 0.05) is 18.2 Å². The minimum absolute atomic E-state index is 0.0445. The Balaban J connectivity index is 1.30. The molecule has 6 rings (SSSR count). The molecule has 292 valence electrons. The average Bonchev–Trinajstić information content (AvgIpc) is 3.13. The molecule has 20 heteroatoms. The maximum Gasteiger partial charge on any atom is 0.402 e. The van der Waals surface area contributed by atoms with Gasteiger partial charge in [0.15, 0.2) is 17.8 Å². The highest BCUT2D eigenvalue weighted by Gasteiger charge is 2.48. The molecule has 1 aromatic heterocycles. The zero-order valence-corrected chi connectivity index (χ0v) is 27.7. The van der Waals surface area contributed by atoms with Crippen LogP contribution in [0.25, 0.3) is 22.3 Å². The van der Waals surface area contributed by atoms with E-state index in [0.717, 1.165) is 18.2 Å². The number of aromatic hydroxyl groups is 3. The van der Waals surface area contributed by atoms with E-state index in [1.165, 1.54) is 25.1 Å². The molecule has 0 amide bonds. The first-order chi connectivity index (χ1) is 25.1. The number of fused-ring (bicyclic) bond motifs is 1. The number of phenols is 3. The first kappa shape index (κ1) is 39.0. The minimum atomic E-state index is -1.91. The maximum atomic E-state index is 11.0. The lowest BCUT2D eigenvalue weighted by Crippen LogP contribution is -2.61. The SMILES string of the molecule is C[C@@H]1O[C@@H](OC[C@H]2O[C@H](Oc3cc4c(O)cc(O[C@@H]5O[C@H](CO)[C@@H](O)[C@H](O)[C@H]5O)cc4[o+]c3-c3ccc(O)c(O)c3)[C@H](O)[C@@H](O)[C@H]2O)[C@H](O)[C@H](O)[C@H]1O. The number of hydrogen-bond acceptors (Lipinski definition) is 19. The van der Waals surface area contributed by atoms with Crippen molar-refractivity contribution in [1.29, 1.82) is 0 Å². The van der Waals surface area contributed by atoms with Crippen LogP contribution >= 0.6 is 0 Å². The van der Waals surface area contributed by atoms with Gasteiger partial charge in [-0.3, -0.25) is 0 Å². The van der Waals surface area contributed by atoms with E-state index in [-0.39, 0.29) is 33.8 Å². The average molecular weight is 758 g/mol. The van der Waals surface area contributed by atoms with Crippen molar-refractivity contribution >= 4 is 11.0 Å². The predicted octanol–water partition coefficient (Wildman–Crippen LogP) is -3.29. The largest absolute Gasteiger partial charge is 0.507 e. The lowest BCUT2D eigenvalue weighted by Gasteiger charge is -2.42. The first-order valence-corrected chi connectivity index (χ1v) is 16.4. The van der Waals surface area contributed by atoms with Crippen molar-refractivity contribution in [2.75, 3.05) is 13.2 Å². The van der Waals surface area contributed by atoms with Crippen LogP contribution in [0, 0.1) is 0 Å². The third-order valence-electron chi connectivity index (χ3n) is 9.29. The summed E-state index contributed by atoms with van der Waals surface area (Å²) in [7, 11) is 0. The van der Waals surface area contributed by atoms with Gasteiger partial charge in [-0.2, -0.15) is 0 Å². The summed E-state index contributed by atoms with van der Waals surface area (Å²) in [5, 5.41) is 134. The third-order valence-corrected chi connectivity index (χ3v) is 9.29. The van der Waals surface area contributed by atoms with Gasteiger partial charge in [0.25, 0.3) is 0 Å². The van der Waals surface area contributed by atoms with E-state index in [1.807, 2.05) is 0 Å². The van der Waals surface area contributed by atoms with Crippen LogP contribution < -0.4 is 9.47 Å². The Morgan fingerprint density at radius 3 is 1.87 bits per heavy atom. The van der Waals surface area contributed by atoms with E-state index < -0.39 is 123 Å². The molecule has 53 heavy (non-hydrogen) atoms. The molecule has 20 nitrogen and oxygen atoms in total. The fourth-order valence-electron chi connectivity index (χ4n) is 6.11. The molecule has 0 aliphatic carbocycles. The third kappa shape index (κ3) is 7.65. The minimum Gasteiger partial charge on any atom is -0.507 e. The normalized spacial score (nSPS) is 37.8. The summed E-state index contributed by atoms with van der Waals surface area (Å²) < 4.78 is 39.7. The molecule has 3 aliphatic rings. The molecule has 0 radical (unpaired) electrons. The molecular weight excluding hydrogens is 716 g/mol. The van der Waals surface area contributed by atoms with Gasteiger partial charge < -0.3 is 94.8 Å². The number of rotatable bonds is 9. The summed E-state index contributed by atoms with van der Waals surface area (Å²) in [4.78, 5) is 0. The van der Waals surface area contributed by atoms with Crippen LogP contribution in [0.5, 0.6) is 28.7 Å². The van der Waals surface area contributed by atoms with Gasteiger partial charge in [0.05, 0.1) is 30.9 Å². The standard InChI is InChI=1S/C33H40O20/c1-10-21(38)24(41)27(44)31(48-10)47-9-20-23(40)26(43)29(46)33(53-20)51-18-7-13-15(36)5-12(49-32-28(45)25(42)22(39)19(8-34)52-32)6-17(13)50-30(18)11-2-3-14(35)16(37)4-11/h2-7,10,19-29,31-34,38-46H,8-9H2,1H3,(H2-,35,36,37)/p+1/t10-,19+,20+,21-,22+,23-,24+,25-,26-,27+,28+,29+,31+,32+,33-/m0/s1. The van der Waals surface area contributed by atoms with Gasteiger partial charge >= 0.3 is 11.3 Å². The second-order valence-electron chi connectivity index (χ2n) is 13.0. The molecule has 3 saturated heterocycles. The van der Waals surface area contributed by atoms with Crippen molar-refractivity contribution in [2.45, 2.75) is 99.0 Å². The molecule has 3 aliphatic heterocycles. The van der Waals surface area contributed by atoms with E-state index in [4.69, 9.17) is 32.8 Å². The highest BCUT2D eigenvalue weighted by atomic mass is 16.7. The van der Waals surface area contributed by atoms with E-state index in [1.54, 1.807) is 0 Å². The molecule has 0 bridgehead atoms. The zero-order chi connectivity index (χ0) is 38.5. The second kappa shape index (κ2) is 15.6. The van der Waals surface area contributed by atoms with Gasteiger partial charge in [0.1, 0.15) is 84.0 Å². The van der Waals surface area contributed by atoms with Crippen molar-refractivity contribution in [2.24, 2.45) is 0 Å². The van der Waals surface area contributed by atoms with Gasteiger partial charge in [-0.15, -0.1) is 0 Å². The van der Waals surface area contributed by atoms with Crippen LogP contribution in [0.15, 0.2) is 40.8 Å². The van der Waals surface area contributed by atoms with Crippen LogP contribution in [0.4, 0.5) is 0 Å². The smallest absolute Gasteiger partial charge is 0.402 e. The maximum absolute atomic E-state index is 11.0. The lowest BCUT2D eigenvalue weighted by molar-refractivity contribution is -0.318. The number of ether oxygens (including phenoxy) is 6. The van der Waals surface area contributed by atoms with E-state index in [2.05, 4.69) is 0 Å². The van der Waals surface area contributed by atoms with Crippen molar-refractivity contribution in [3.8, 4) is 40.1 Å². The van der Waals surface area contributed by atoms with Crippen molar-refractivity contribution < 1.29 is 99.2 Å². The molecule has 0 unspecified atom stereocenters. The van der Waals surface area contributed by atoms with Crippen molar-refractivity contribution in [1.82, 2.24) is 0 Å². The molecule has 2 aromatic carbocycles. The summed E-state index contributed by atoms with van der Waals surface area (Å²) in [6.07, 6.45) is -24.0. The lowest BCUT2D eigenvalue weighted by atomic mass is 9.98. The molecule has 0 saturated carbocycles. The zero-order valence-electron chi connectivity index (χ0n) is 27.7. The Morgan fingerprint density at radius 1 is 0.604 bits per heavy atom. The summed E-state index contributed by atoms with van der Waals surface area (Å²) in [5.74, 6) is -2.22. The van der Waals surface area contributed by atoms with Crippen LogP contribution in [-0.4, -0.2) is 172 Å². The van der Waals surface area contributed by atoms with Gasteiger partial charge in [0.2, 0.25) is 18.3 Å². The molecule has 0 spiro atoms. The highest BCUT2D eigenvalue weighted by molar-refractivity contribution is 5.88. The predicted molar refractivity (Wildman–Crippen MR) is 171 cm³/mol. The fourth-order valence-corrected chi connectivity index (χ4v) is 6.11. The van der Waals surface area contributed by atoms with Crippen molar-refractivity contribution in [3.05, 3.63) is 36.4 Å². The number of aliphatic hydroxyl groups excluding tert-OH is 10. The number of benzene rings is 2. The Morgan fingerprint density at radius 2 is 1.21 bits per heavy atom. The fraction of sp³-hybridized carbons (Fsp3) is 0.545. The summed E-state index contributed by atoms with van der Waals surface area (Å²) in [6, 6.07) is 7.08. The Bertz CT molecular complexity index is 1740. The second-order valence-corrected chi connectivity index (χ2v) is 13.0. The molecular formula is C33H41O20+. The monoisotopic (exact) mass is 757 g/mol. The number of phenolic OH excluding ortho intramolecular Hbond substituents is 3. The highest BCUT2D eigenvalue weighted by Crippen LogP contribution is 2.43. The van der Waals surface area contributed by atoms with Crippen LogP contribution in [0.1, 0.15) is 6.92 Å². The number of hydrogen-bond donors (Lipinski definition) is 13. The van der Waals surface area contributed by atoms with Crippen LogP contribution in [0.2, 0.25) is 0 Å². The Labute approximate surface area is 299 Å². The molecule has 4 heterocycles. The summed E-state index contributed by atoms with van der Waals surface area (Å²) in [5.41, 5.74) is -0.0417. The van der Waals surface area contributed by atoms with Gasteiger partial charge in [-0.05, 0) is 19.1 Å². The Kier molecular flexibility index (Phi) is 11.5. The topological polar surface area (TPSA) is 330 Å².